The van der Waals surface area contributed by atoms with Crippen LogP contribution in [0.25, 0.3) is 0 Å². The Morgan fingerprint density at radius 2 is 2.00 bits per heavy atom. The first-order valence-corrected chi connectivity index (χ1v) is 3.49. The molecule has 0 fully saturated rings. The van der Waals surface area contributed by atoms with Crippen molar-refractivity contribution in [2.45, 2.75) is 32.8 Å². The fourth-order valence-electron chi connectivity index (χ4n) is 1.18. The molecule has 2 heteroatoms. The first kappa shape index (κ1) is 7.48. The van der Waals surface area contributed by atoms with E-state index in [1.807, 2.05) is 13.8 Å². The number of hydrogen-bond acceptors (Lipinski definition) is 2. The van der Waals surface area contributed by atoms with E-state index < -0.39 is 6.10 Å². The lowest BCUT2D eigenvalue weighted by Gasteiger charge is -2.18. The van der Waals surface area contributed by atoms with Crippen LogP contribution in [0.4, 0.5) is 0 Å². The molecule has 0 saturated heterocycles. The molecule has 0 radical (unpaired) electrons. The Morgan fingerprint density at radius 1 is 1.40 bits per heavy atom. The van der Waals surface area contributed by atoms with E-state index in [-0.39, 0.29) is 5.78 Å². The molecule has 1 atom stereocenters. The van der Waals surface area contributed by atoms with Gasteiger partial charge in [0.25, 0.3) is 0 Å². The molecule has 56 valence electrons. The highest BCUT2D eigenvalue weighted by Crippen LogP contribution is 2.20. The molecule has 0 bridgehead atoms. The molecule has 0 aromatic heterocycles. The van der Waals surface area contributed by atoms with Gasteiger partial charge in [-0.2, -0.15) is 0 Å². The molecule has 0 spiro atoms. The molecule has 0 unspecified atom stereocenters. The summed E-state index contributed by atoms with van der Waals surface area (Å²) in [4.78, 5) is 11.0. The summed E-state index contributed by atoms with van der Waals surface area (Å²) in [5.41, 5.74) is 1.87. The molecule has 0 heterocycles. The van der Waals surface area contributed by atoms with Crippen molar-refractivity contribution in [3.05, 3.63) is 11.1 Å². The van der Waals surface area contributed by atoms with E-state index in [0.29, 0.717) is 12.8 Å². The van der Waals surface area contributed by atoms with Gasteiger partial charge in [0.05, 0.1) is 6.10 Å². The van der Waals surface area contributed by atoms with Crippen LogP contribution in [-0.2, 0) is 4.79 Å². The van der Waals surface area contributed by atoms with Crippen LogP contribution in [0.2, 0.25) is 0 Å². The summed E-state index contributed by atoms with van der Waals surface area (Å²) in [6.07, 6.45) is 0.539. The van der Waals surface area contributed by atoms with Crippen molar-refractivity contribution < 1.29 is 9.90 Å². The van der Waals surface area contributed by atoms with Crippen LogP contribution in [0.1, 0.15) is 26.7 Å². The number of Topliss-reactive ketones (excluding diaryl/α,β-unsaturated/α-hetero) is 1. The van der Waals surface area contributed by atoms with E-state index >= 15 is 0 Å². The average molecular weight is 140 g/mol. The SMILES string of the molecule is CC1=C(C)C(=O)C[C@H](O)C1. The zero-order valence-corrected chi connectivity index (χ0v) is 6.35. The number of allylic oxidation sites excluding steroid dienone is 1. The molecule has 1 aliphatic rings. The third-order valence-electron chi connectivity index (χ3n) is 2.02. The third-order valence-corrected chi connectivity index (χ3v) is 2.02. The van der Waals surface area contributed by atoms with Crippen LogP contribution < -0.4 is 0 Å². The van der Waals surface area contributed by atoms with Crippen molar-refractivity contribution in [3.8, 4) is 0 Å². The number of ketones is 1. The van der Waals surface area contributed by atoms with E-state index in [9.17, 15) is 4.79 Å². The lowest BCUT2D eigenvalue weighted by Crippen LogP contribution is -2.20. The van der Waals surface area contributed by atoms with Crippen LogP contribution in [-0.4, -0.2) is 17.0 Å². The monoisotopic (exact) mass is 140 g/mol. The van der Waals surface area contributed by atoms with Crippen LogP contribution in [0, 0.1) is 0 Å². The molecular weight excluding hydrogens is 128 g/mol. The van der Waals surface area contributed by atoms with Crippen LogP contribution in [0.15, 0.2) is 11.1 Å². The molecular formula is C8H12O2. The van der Waals surface area contributed by atoms with Crippen molar-refractivity contribution in [2.75, 3.05) is 0 Å². The number of aliphatic hydroxyl groups is 1. The zero-order chi connectivity index (χ0) is 7.72. The average Bonchev–Trinajstić information content (AvgIpc) is 1.82. The lowest BCUT2D eigenvalue weighted by atomic mass is 9.91. The van der Waals surface area contributed by atoms with Crippen molar-refractivity contribution >= 4 is 5.78 Å². The van der Waals surface area contributed by atoms with Gasteiger partial charge < -0.3 is 5.11 Å². The van der Waals surface area contributed by atoms with E-state index in [0.717, 1.165) is 11.1 Å². The molecule has 0 aromatic carbocycles. The standard InChI is InChI=1S/C8H12O2/c1-5-3-7(9)4-8(10)6(5)2/h7,9H,3-4H2,1-2H3/t7-/m1/s1. The quantitative estimate of drug-likeness (QED) is 0.546. The van der Waals surface area contributed by atoms with Crippen LogP contribution in [0.5, 0.6) is 0 Å². The van der Waals surface area contributed by atoms with Gasteiger partial charge >= 0.3 is 0 Å². The van der Waals surface area contributed by atoms with E-state index in [2.05, 4.69) is 0 Å². The molecule has 0 aromatic rings. The summed E-state index contributed by atoms with van der Waals surface area (Å²) < 4.78 is 0. The van der Waals surface area contributed by atoms with Crippen molar-refractivity contribution in [2.24, 2.45) is 0 Å². The third kappa shape index (κ3) is 1.27. The Kier molecular flexibility index (Phi) is 1.90. The first-order chi connectivity index (χ1) is 4.61. The predicted molar refractivity (Wildman–Crippen MR) is 38.6 cm³/mol. The molecule has 0 aliphatic heterocycles. The highest BCUT2D eigenvalue weighted by atomic mass is 16.3. The molecule has 1 rings (SSSR count). The maximum Gasteiger partial charge on any atom is 0.161 e. The Morgan fingerprint density at radius 3 is 2.50 bits per heavy atom. The number of carbonyl (C=O) groups excluding carboxylic acids is 1. The lowest BCUT2D eigenvalue weighted by molar-refractivity contribution is -0.118. The van der Waals surface area contributed by atoms with E-state index in [1.54, 1.807) is 0 Å². The van der Waals surface area contributed by atoms with E-state index in [1.165, 1.54) is 0 Å². The zero-order valence-electron chi connectivity index (χ0n) is 6.35. The highest BCUT2D eigenvalue weighted by molar-refractivity contribution is 5.96. The summed E-state index contributed by atoms with van der Waals surface area (Å²) >= 11 is 0. The Hall–Kier alpha value is -0.630. The van der Waals surface area contributed by atoms with E-state index in [4.69, 9.17) is 5.11 Å². The van der Waals surface area contributed by atoms with Gasteiger partial charge in [0.2, 0.25) is 0 Å². The van der Waals surface area contributed by atoms with Crippen LogP contribution >= 0.6 is 0 Å². The summed E-state index contributed by atoms with van der Waals surface area (Å²) in [6.45, 7) is 3.72. The molecule has 10 heavy (non-hydrogen) atoms. The minimum atomic E-state index is -0.434. The Bertz CT molecular complexity index is 191. The second-order valence-electron chi connectivity index (χ2n) is 2.89. The molecule has 0 saturated carbocycles. The number of rotatable bonds is 0. The fourth-order valence-corrected chi connectivity index (χ4v) is 1.18. The van der Waals surface area contributed by atoms with Gasteiger partial charge in [0, 0.05) is 6.42 Å². The van der Waals surface area contributed by atoms with Gasteiger partial charge in [-0.1, -0.05) is 5.57 Å². The topological polar surface area (TPSA) is 37.3 Å². The van der Waals surface area contributed by atoms with Gasteiger partial charge in [0.15, 0.2) is 5.78 Å². The van der Waals surface area contributed by atoms with Crippen LogP contribution in [0.3, 0.4) is 0 Å². The fraction of sp³-hybridized carbons (Fsp3) is 0.625. The molecule has 1 N–H and O–H groups in total. The molecule has 2 nitrogen and oxygen atoms in total. The minimum absolute atomic E-state index is 0.0938. The van der Waals surface area contributed by atoms with Crippen molar-refractivity contribution in [1.82, 2.24) is 0 Å². The number of aliphatic hydroxyl groups excluding tert-OH is 1. The van der Waals surface area contributed by atoms with Gasteiger partial charge in [0.1, 0.15) is 0 Å². The Labute approximate surface area is 60.6 Å². The predicted octanol–water partition coefficient (Wildman–Crippen LogP) is 1.05. The number of hydrogen-bond donors (Lipinski definition) is 1. The largest absolute Gasteiger partial charge is 0.392 e. The first-order valence-electron chi connectivity index (χ1n) is 3.49. The summed E-state index contributed by atoms with van der Waals surface area (Å²) in [5, 5.41) is 9.11. The Balaban J connectivity index is 2.85. The maximum absolute atomic E-state index is 11.0. The smallest absolute Gasteiger partial charge is 0.161 e. The minimum Gasteiger partial charge on any atom is -0.392 e. The van der Waals surface area contributed by atoms with Gasteiger partial charge in [-0.05, 0) is 25.8 Å². The summed E-state index contributed by atoms with van der Waals surface area (Å²) in [7, 11) is 0. The normalized spacial score (nSPS) is 27.5. The van der Waals surface area contributed by atoms with Gasteiger partial charge in [-0.3, -0.25) is 4.79 Å². The van der Waals surface area contributed by atoms with Crippen molar-refractivity contribution in [1.29, 1.82) is 0 Å². The molecule has 1 aliphatic carbocycles. The summed E-state index contributed by atoms with van der Waals surface area (Å²) in [6, 6.07) is 0. The molecule has 0 amide bonds. The van der Waals surface area contributed by atoms with Crippen molar-refractivity contribution in [3.63, 3.8) is 0 Å². The number of carbonyl (C=O) groups is 1. The van der Waals surface area contributed by atoms with Gasteiger partial charge in [-0.15, -0.1) is 0 Å². The second-order valence-corrected chi connectivity index (χ2v) is 2.89. The summed E-state index contributed by atoms with van der Waals surface area (Å²) in [5.74, 6) is 0.0938. The van der Waals surface area contributed by atoms with Gasteiger partial charge in [-0.25, -0.2) is 0 Å². The maximum atomic E-state index is 11.0. The second kappa shape index (κ2) is 2.54. The highest BCUT2D eigenvalue weighted by Gasteiger charge is 2.20.